The normalized spacial score (nSPS) is 29.3. The van der Waals surface area contributed by atoms with E-state index in [1.807, 2.05) is 30.3 Å². The van der Waals surface area contributed by atoms with Gasteiger partial charge in [0.2, 0.25) is 0 Å². The second kappa shape index (κ2) is 10.5. The van der Waals surface area contributed by atoms with E-state index in [0.717, 1.165) is 5.56 Å². The van der Waals surface area contributed by atoms with Gasteiger partial charge in [0, 0.05) is 0 Å². The van der Waals surface area contributed by atoms with Crippen molar-refractivity contribution in [2.75, 3.05) is 19.8 Å². The highest BCUT2D eigenvalue weighted by atomic mass is 16.7. The quantitative estimate of drug-likeness (QED) is 0.622. The molecule has 1 fully saturated rings. The van der Waals surface area contributed by atoms with Gasteiger partial charge in [0.15, 0.2) is 6.29 Å². The summed E-state index contributed by atoms with van der Waals surface area (Å²) in [7, 11) is 0. The molecule has 138 valence electrons. The molecule has 2 rings (SSSR count). The van der Waals surface area contributed by atoms with Crippen LogP contribution < -0.4 is 0 Å². The molecule has 0 radical (unpaired) electrons. The lowest BCUT2D eigenvalue weighted by atomic mass is 9.98. The lowest BCUT2D eigenvalue weighted by Crippen LogP contribution is -2.60. The van der Waals surface area contributed by atoms with E-state index in [2.05, 4.69) is 13.2 Å². The number of benzene rings is 1. The van der Waals surface area contributed by atoms with Crippen LogP contribution in [0.1, 0.15) is 5.56 Å². The third-order valence-electron chi connectivity index (χ3n) is 3.84. The molecule has 0 spiro atoms. The minimum absolute atomic E-state index is 0.120. The van der Waals surface area contributed by atoms with E-state index < -0.39 is 30.7 Å². The van der Waals surface area contributed by atoms with Gasteiger partial charge in [-0.25, -0.2) is 0 Å². The predicted octanol–water partition coefficient (Wildman–Crippen LogP) is 1.42. The van der Waals surface area contributed by atoms with Crippen molar-refractivity contribution in [3.63, 3.8) is 0 Å². The summed E-state index contributed by atoms with van der Waals surface area (Å²) in [6.07, 6.45) is -1.42. The molecule has 1 aliphatic rings. The predicted molar refractivity (Wildman–Crippen MR) is 92.9 cm³/mol. The summed E-state index contributed by atoms with van der Waals surface area (Å²) < 4.78 is 22.2. The molecule has 0 aromatic heterocycles. The zero-order chi connectivity index (χ0) is 18.1. The first-order valence-electron chi connectivity index (χ1n) is 8.25. The number of aliphatic hydroxyl groups excluding tert-OH is 2. The third-order valence-corrected chi connectivity index (χ3v) is 3.84. The van der Waals surface area contributed by atoms with Gasteiger partial charge < -0.3 is 29.2 Å². The number of ether oxygens (including phenoxy) is 4. The van der Waals surface area contributed by atoms with Gasteiger partial charge in [0.25, 0.3) is 0 Å². The lowest BCUT2D eigenvalue weighted by molar-refractivity contribution is -0.302. The highest BCUT2D eigenvalue weighted by molar-refractivity contribution is 5.13. The van der Waals surface area contributed by atoms with Crippen LogP contribution >= 0.6 is 0 Å². The summed E-state index contributed by atoms with van der Waals surface area (Å²) in [4.78, 5) is 0. The fourth-order valence-corrected chi connectivity index (χ4v) is 2.64. The largest absolute Gasteiger partial charge is 0.387 e. The molecule has 2 N–H and O–H groups in total. The Bertz CT molecular complexity index is 520. The fourth-order valence-electron chi connectivity index (χ4n) is 2.64. The van der Waals surface area contributed by atoms with Crippen LogP contribution in [0.5, 0.6) is 0 Å². The summed E-state index contributed by atoms with van der Waals surface area (Å²) in [6, 6.07) is 9.67. The Morgan fingerprint density at radius 3 is 2.28 bits per heavy atom. The minimum Gasteiger partial charge on any atom is -0.387 e. The number of hydrogen-bond donors (Lipinski definition) is 2. The molecular weight excluding hydrogens is 324 g/mol. The molecule has 5 atom stereocenters. The average molecular weight is 350 g/mol. The van der Waals surface area contributed by atoms with Gasteiger partial charge in [-0.2, -0.15) is 0 Å². The van der Waals surface area contributed by atoms with Gasteiger partial charge in [-0.15, -0.1) is 13.2 Å². The first kappa shape index (κ1) is 19.8. The van der Waals surface area contributed by atoms with E-state index in [1.165, 1.54) is 0 Å². The van der Waals surface area contributed by atoms with Gasteiger partial charge in [-0.1, -0.05) is 42.5 Å². The minimum atomic E-state index is -1.23. The van der Waals surface area contributed by atoms with E-state index >= 15 is 0 Å². The van der Waals surface area contributed by atoms with Crippen LogP contribution in [0.15, 0.2) is 55.6 Å². The molecule has 1 aliphatic heterocycles. The Hall–Kier alpha value is -1.54. The van der Waals surface area contributed by atoms with Gasteiger partial charge in [-0.3, -0.25) is 0 Å². The third kappa shape index (κ3) is 5.74. The van der Waals surface area contributed by atoms with Crippen molar-refractivity contribution in [3.8, 4) is 0 Å². The van der Waals surface area contributed by atoms with Gasteiger partial charge in [0.1, 0.15) is 24.4 Å². The Morgan fingerprint density at radius 2 is 1.64 bits per heavy atom. The van der Waals surface area contributed by atoms with E-state index in [1.54, 1.807) is 12.2 Å². The summed E-state index contributed by atoms with van der Waals surface area (Å²) >= 11 is 0. The molecular formula is C19H26O6. The second-order valence-corrected chi connectivity index (χ2v) is 5.73. The molecule has 1 aromatic carbocycles. The van der Waals surface area contributed by atoms with Crippen LogP contribution in [0.2, 0.25) is 0 Å². The molecule has 0 bridgehead atoms. The molecule has 1 aromatic rings. The first-order chi connectivity index (χ1) is 12.2. The molecule has 6 nitrogen and oxygen atoms in total. The molecule has 1 saturated heterocycles. The average Bonchev–Trinajstić information content (AvgIpc) is 2.63. The maximum Gasteiger partial charge on any atom is 0.184 e. The van der Waals surface area contributed by atoms with Crippen LogP contribution in [0.25, 0.3) is 0 Å². The summed E-state index contributed by atoms with van der Waals surface area (Å²) in [5.74, 6) is 0. The zero-order valence-electron chi connectivity index (χ0n) is 14.2. The second-order valence-electron chi connectivity index (χ2n) is 5.73. The summed E-state index contributed by atoms with van der Waals surface area (Å²) in [6.45, 7) is 8.11. The SMILES string of the molecule is C=CCO[C@@H]1[C@@H](OCC=C)[C@@H](O)[C@@H](COCc2ccccc2)O[C@H]1O. The van der Waals surface area contributed by atoms with Crippen molar-refractivity contribution in [3.05, 3.63) is 61.2 Å². The molecule has 0 amide bonds. The molecule has 1 heterocycles. The van der Waals surface area contributed by atoms with Crippen molar-refractivity contribution in [2.45, 2.75) is 37.3 Å². The van der Waals surface area contributed by atoms with Gasteiger partial charge >= 0.3 is 0 Å². The Kier molecular flexibility index (Phi) is 8.27. The van der Waals surface area contributed by atoms with E-state index in [9.17, 15) is 10.2 Å². The molecule has 6 heteroatoms. The van der Waals surface area contributed by atoms with Gasteiger partial charge in [-0.05, 0) is 5.56 Å². The monoisotopic (exact) mass is 350 g/mol. The lowest BCUT2D eigenvalue weighted by Gasteiger charge is -2.42. The highest BCUT2D eigenvalue weighted by Crippen LogP contribution is 2.25. The first-order valence-corrected chi connectivity index (χ1v) is 8.25. The topological polar surface area (TPSA) is 77.4 Å². The van der Waals surface area contributed by atoms with Crippen molar-refractivity contribution >= 4 is 0 Å². The van der Waals surface area contributed by atoms with Crippen LogP contribution in [0, 0.1) is 0 Å². The Morgan fingerprint density at radius 1 is 1.00 bits per heavy atom. The van der Waals surface area contributed by atoms with Gasteiger partial charge in [0.05, 0.1) is 26.4 Å². The number of hydrogen-bond acceptors (Lipinski definition) is 6. The fraction of sp³-hybridized carbons (Fsp3) is 0.474. The number of aliphatic hydroxyl groups is 2. The van der Waals surface area contributed by atoms with Crippen molar-refractivity contribution < 1.29 is 29.2 Å². The van der Waals surface area contributed by atoms with Crippen LogP contribution in [0.3, 0.4) is 0 Å². The Balaban J connectivity index is 1.94. The highest BCUT2D eigenvalue weighted by Gasteiger charge is 2.46. The van der Waals surface area contributed by atoms with Crippen LogP contribution in [-0.4, -0.2) is 60.7 Å². The maximum absolute atomic E-state index is 10.6. The molecule has 0 unspecified atom stereocenters. The molecule has 0 aliphatic carbocycles. The zero-order valence-corrected chi connectivity index (χ0v) is 14.2. The van der Waals surface area contributed by atoms with Crippen LogP contribution in [-0.2, 0) is 25.6 Å². The smallest absolute Gasteiger partial charge is 0.184 e. The molecule has 0 saturated carbocycles. The van der Waals surface area contributed by atoms with Crippen molar-refractivity contribution in [2.24, 2.45) is 0 Å². The summed E-state index contributed by atoms with van der Waals surface area (Å²) in [5.41, 5.74) is 1.01. The maximum atomic E-state index is 10.6. The number of rotatable bonds is 10. The molecule has 25 heavy (non-hydrogen) atoms. The van der Waals surface area contributed by atoms with E-state index in [4.69, 9.17) is 18.9 Å². The van der Waals surface area contributed by atoms with Crippen molar-refractivity contribution in [1.82, 2.24) is 0 Å². The standard InChI is InChI=1S/C19H26O6/c1-3-10-23-17-16(20)15(25-19(21)18(17)24-11-4-2)13-22-12-14-8-6-5-7-9-14/h3-9,15-21H,1-2,10-13H2/t15-,16+,17+,18-,19-/m1/s1. The van der Waals surface area contributed by atoms with Crippen molar-refractivity contribution in [1.29, 1.82) is 0 Å². The van der Waals surface area contributed by atoms with Crippen LogP contribution in [0.4, 0.5) is 0 Å². The van der Waals surface area contributed by atoms with E-state index in [-0.39, 0.29) is 19.8 Å². The summed E-state index contributed by atoms with van der Waals surface area (Å²) in [5, 5.41) is 20.8. The van der Waals surface area contributed by atoms with E-state index in [0.29, 0.717) is 6.61 Å². The Labute approximate surface area is 148 Å².